The highest BCUT2D eigenvalue weighted by molar-refractivity contribution is 8.00. The number of hydrogen-bond donors (Lipinski definition) is 2. The molecule has 3 N–H and O–H groups in total. The average Bonchev–Trinajstić information content (AvgIpc) is 3.09. The number of amides is 3. The molecule has 0 saturated heterocycles. The number of nitrogens with zero attached hydrogens (tertiary/aromatic N) is 4. The molecule has 1 aromatic carbocycles. The summed E-state index contributed by atoms with van der Waals surface area (Å²) in [6, 6.07) is 12.8. The number of hydrogen-bond acceptors (Lipinski definition) is 6. The molecule has 0 aliphatic heterocycles. The zero-order valence-electron chi connectivity index (χ0n) is 16.1. The van der Waals surface area contributed by atoms with Crippen molar-refractivity contribution in [2.24, 2.45) is 11.7 Å². The Bertz CT molecular complexity index is 975. The molecule has 0 saturated carbocycles. The lowest BCUT2D eigenvalue weighted by Crippen LogP contribution is -2.42. The van der Waals surface area contributed by atoms with Gasteiger partial charge in [0.2, 0.25) is 5.91 Å². The molecule has 0 aliphatic carbocycles. The Balaban J connectivity index is 1.98. The van der Waals surface area contributed by atoms with Crippen LogP contribution in [-0.4, -0.2) is 36.9 Å². The second-order valence-corrected chi connectivity index (χ2v) is 7.86. The first kappa shape index (κ1) is 20.5. The molecule has 0 spiro atoms. The minimum atomic E-state index is -0.871. The third kappa shape index (κ3) is 5.20. The molecule has 29 heavy (non-hydrogen) atoms. The van der Waals surface area contributed by atoms with E-state index in [-0.39, 0.29) is 5.92 Å². The minimum absolute atomic E-state index is 0.0504. The molecule has 2 heterocycles. The number of thioether (sulfide) groups is 1. The maximum absolute atomic E-state index is 12.4. The Labute approximate surface area is 172 Å². The minimum Gasteiger partial charge on any atom is -0.351 e. The number of nitrogens with one attached hydrogen (secondary N) is 1. The Morgan fingerprint density at radius 3 is 2.41 bits per heavy atom. The number of urea groups is 1. The Morgan fingerprint density at radius 2 is 1.79 bits per heavy atom. The number of nitrogens with two attached hydrogens (primary N) is 1. The van der Waals surface area contributed by atoms with Gasteiger partial charge in [-0.15, -0.1) is 10.2 Å². The van der Waals surface area contributed by atoms with Crippen LogP contribution in [0.4, 0.5) is 4.79 Å². The van der Waals surface area contributed by atoms with E-state index in [1.54, 1.807) is 12.4 Å². The highest BCUT2D eigenvalue weighted by atomic mass is 32.2. The van der Waals surface area contributed by atoms with Crippen LogP contribution in [0.1, 0.15) is 19.4 Å². The summed E-state index contributed by atoms with van der Waals surface area (Å²) in [5, 5.41) is 10.9. The SMILES string of the molecule is CC(C)[C@@H](Sc1nnc(-c2ccncc2)n1Cc1ccccc1)C(=O)NC(N)=O. The van der Waals surface area contributed by atoms with Gasteiger partial charge < -0.3 is 5.73 Å². The lowest BCUT2D eigenvalue weighted by atomic mass is 10.1. The van der Waals surface area contributed by atoms with Gasteiger partial charge in [0.1, 0.15) is 0 Å². The summed E-state index contributed by atoms with van der Waals surface area (Å²) in [7, 11) is 0. The highest BCUT2D eigenvalue weighted by Crippen LogP contribution is 2.30. The van der Waals surface area contributed by atoms with Crippen molar-refractivity contribution in [3.63, 3.8) is 0 Å². The second-order valence-electron chi connectivity index (χ2n) is 6.75. The van der Waals surface area contributed by atoms with Crippen molar-refractivity contribution in [1.82, 2.24) is 25.1 Å². The van der Waals surface area contributed by atoms with E-state index in [4.69, 9.17) is 5.73 Å². The van der Waals surface area contributed by atoms with Crippen LogP contribution in [-0.2, 0) is 11.3 Å². The summed E-state index contributed by atoms with van der Waals surface area (Å²) in [4.78, 5) is 27.6. The van der Waals surface area contributed by atoms with Crippen molar-refractivity contribution in [3.8, 4) is 11.4 Å². The summed E-state index contributed by atoms with van der Waals surface area (Å²) in [5.41, 5.74) is 7.07. The second kappa shape index (κ2) is 9.33. The number of primary amides is 1. The molecule has 0 bridgehead atoms. The molecule has 3 rings (SSSR count). The molecule has 0 aliphatic rings. The van der Waals surface area contributed by atoms with E-state index in [0.717, 1.165) is 11.1 Å². The van der Waals surface area contributed by atoms with Crippen molar-refractivity contribution in [2.75, 3.05) is 0 Å². The summed E-state index contributed by atoms with van der Waals surface area (Å²) < 4.78 is 1.96. The monoisotopic (exact) mass is 410 g/mol. The van der Waals surface area contributed by atoms with Gasteiger partial charge in [0.15, 0.2) is 11.0 Å². The smallest absolute Gasteiger partial charge is 0.318 e. The zero-order chi connectivity index (χ0) is 20.8. The maximum Gasteiger partial charge on any atom is 0.318 e. The normalized spacial score (nSPS) is 12.0. The fourth-order valence-corrected chi connectivity index (χ4v) is 3.83. The Hall–Kier alpha value is -3.20. The number of imide groups is 1. The fraction of sp³-hybridized carbons (Fsp3) is 0.250. The molecule has 9 heteroatoms. The van der Waals surface area contributed by atoms with Crippen LogP contribution in [0.5, 0.6) is 0 Å². The lowest BCUT2D eigenvalue weighted by molar-refractivity contribution is -0.120. The summed E-state index contributed by atoms with van der Waals surface area (Å²) in [5.74, 6) is 0.180. The predicted octanol–water partition coefficient (Wildman–Crippen LogP) is 2.70. The number of aromatic nitrogens is 4. The number of benzene rings is 1. The molecule has 3 amide bonds. The third-order valence-electron chi connectivity index (χ3n) is 4.18. The van der Waals surface area contributed by atoms with E-state index < -0.39 is 17.2 Å². The number of carbonyl (C=O) groups excluding carboxylic acids is 2. The van der Waals surface area contributed by atoms with Crippen molar-refractivity contribution >= 4 is 23.7 Å². The van der Waals surface area contributed by atoms with E-state index in [9.17, 15) is 9.59 Å². The third-order valence-corrected chi connectivity index (χ3v) is 5.71. The van der Waals surface area contributed by atoms with Crippen molar-refractivity contribution in [3.05, 3.63) is 60.4 Å². The van der Waals surface area contributed by atoms with E-state index >= 15 is 0 Å². The molecule has 3 aromatic rings. The molecule has 150 valence electrons. The van der Waals surface area contributed by atoms with E-state index in [2.05, 4.69) is 20.5 Å². The maximum atomic E-state index is 12.4. The van der Waals surface area contributed by atoms with E-state index in [0.29, 0.717) is 17.5 Å². The van der Waals surface area contributed by atoms with E-state index in [1.165, 1.54) is 11.8 Å². The first-order valence-corrected chi connectivity index (χ1v) is 9.98. The van der Waals surface area contributed by atoms with Crippen LogP contribution in [0, 0.1) is 5.92 Å². The molecule has 8 nitrogen and oxygen atoms in total. The highest BCUT2D eigenvalue weighted by Gasteiger charge is 2.28. The van der Waals surface area contributed by atoms with Gasteiger partial charge in [0.05, 0.1) is 11.8 Å². The number of carbonyl (C=O) groups is 2. The van der Waals surface area contributed by atoms with Gasteiger partial charge in [0, 0.05) is 18.0 Å². The van der Waals surface area contributed by atoms with E-state index in [1.807, 2.05) is 60.9 Å². The molecule has 0 radical (unpaired) electrons. The molecule has 1 atom stereocenters. The topological polar surface area (TPSA) is 116 Å². The average molecular weight is 411 g/mol. The first-order valence-electron chi connectivity index (χ1n) is 9.10. The van der Waals surface area contributed by atoms with Gasteiger partial charge >= 0.3 is 6.03 Å². The van der Waals surface area contributed by atoms with Crippen LogP contribution in [0.2, 0.25) is 0 Å². The standard InChI is InChI=1S/C20H22N6O2S/c1-13(2)16(18(27)23-19(21)28)29-20-25-24-17(15-8-10-22-11-9-15)26(20)12-14-6-4-3-5-7-14/h3-11,13,16H,12H2,1-2H3,(H3,21,23,27,28)/t16-/m1/s1. The molecule has 0 fully saturated rings. The van der Waals surface area contributed by atoms with Crippen LogP contribution >= 0.6 is 11.8 Å². The van der Waals surface area contributed by atoms with Crippen molar-refractivity contribution < 1.29 is 9.59 Å². The summed E-state index contributed by atoms with van der Waals surface area (Å²) in [6.45, 7) is 4.34. The summed E-state index contributed by atoms with van der Waals surface area (Å²) in [6.07, 6.45) is 3.39. The quantitative estimate of drug-likeness (QED) is 0.579. The van der Waals surface area contributed by atoms with Gasteiger partial charge in [-0.25, -0.2) is 4.79 Å². The van der Waals surface area contributed by atoms with Gasteiger partial charge in [-0.1, -0.05) is 55.9 Å². The van der Waals surface area contributed by atoms with Gasteiger partial charge in [-0.05, 0) is 23.6 Å². The van der Waals surface area contributed by atoms with Crippen LogP contribution in [0.15, 0.2) is 60.0 Å². The molecular weight excluding hydrogens is 388 g/mol. The molecular formula is C20H22N6O2S. The summed E-state index contributed by atoms with van der Waals surface area (Å²) >= 11 is 1.26. The first-order chi connectivity index (χ1) is 14.0. The van der Waals surface area contributed by atoms with Gasteiger partial charge in [0.25, 0.3) is 0 Å². The van der Waals surface area contributed by atoms with Crippen molar-refractivity contribution in [1.29, 1.82) is 0 Å². The zero-order valence-corrected chi connectivity index (χ0v) is 17.0. The number of rotatable bonds is 7. The Kier molecular flexibility index (Phi) is 6.61. The Morgan fingerprint density at radius 1 is 1.10 bits per heavy atom. The lowest BCUT2D eigenvalue weighted by Gasteiger charge is -2.19. The van der Waals surface area contributed by atoms with Gasteiger partial charge in [-0.2, -0.15) is 0 Å². The molecule has 2 aromatic heterocycles. The number of pyridine rings is 1. The fourth-order valence-electron chi connectivity index (χ4n) is 2.80. The van der Waals surface area contributed by atoms with Crippen LogP contribution in [0.25, 0.3) is 11.4 Å². The largest absolute Gasteiger partial charge is 0.351 e. The van der Waals surface area contributed by atoms with Crippen molar-refractivity contribution in [2.45, 2.75) is 30.8 Å². The van der Waals surface area contributed by atoms with Gasteiger partial charge in [-0.3, -0.25) is 19.7 Å². The molecule has 0 unspecified atom stereocenters. The predicted molar refractivity (Wildman–Crippen MR) is 111 cm³/mol. The van der Waals surface area contributed by atoms with Crippen LogP contribution in [0.3, 0.4) is 0 Å². The van der Waals surface area contributed by atoms with Crippen LogP contribution < -0.4 is 11.1 Å².